The van der Waals surface area contributed by atoms with E-state index in [1.54, 1.807) is 6.08 Å². The first-order valence-electron chi connectivity index (χ1n) is 6.30. The molecule has 94 valence electrons. The van der Waals surface area contributed by atoms with Gasteiger partial charge in [0.15, 0.2) is 0 Å². The molecule has 1 aliphatic carbocycles. The Kier molecular flexibility index (Phi) is 3.00. The Morgan fingerprint density at radius 2 is 2.11 bits per heavy atom. The van der Waals surface area contributed by atoms with Gasteiger partial charge < -0.3 is 4.74 Å². The molecule has 0 atom stereocenters. The molecule has 3 nitrogen and oxygen atoms in total. The van der Waals surface area contributed by atoms with Gasteiger partial charge in [0.25, 0.3) is 0 Å². The fraction of sp³-hybridized carbons (Fsp3) is 0.500. The largest absolute Gasteiger partial charge is 0.492 e. The molecule has 18 heavy (non-hydrogen) atoms. The second-order valence-electron chi connectivity index (χ2n) is 4.99. The molecule has 1 heterocycles. The first-order valence-corrected chi connectivity index (χ1v) is 7.09. The molecule has 1 aliphatic heterocycles. The van der Waals surface area contributed by atoms with Crippen LogP contribution in [0.5, 0.6) is 5.75 Å². The molecule has 0 amide bonds. The maximum atomic E-state index is 10.7. The van der Waals surface area contributed by atoms with Gasteiger partial charge in [-0.25, -0.2) is 4.79 Å². The molecule has 1 saturated carbocycles. The normalized spacial score (nSPS) is 20.1. The van der Waals surface area contributed by atoms with Crippen LogP contribution in [0.4, 0.5) is 0 Å². The predicted octanol–water partition coefficient (Wildman–Crippen LogP) is 3.49. The minimum atomic E-state index is -0.345. The first-order chi connectivity index (χ1) is 8.75. The number of carbonyl (C=O) groups excluding carboxylic acids is 1. The fourth-order valence-corrected chi connectivity index (χ4v) is 3.66. The van der Waals surface area contributed by atoms with Crippen molar-refractivity contribution in [2.75, 3.05) is 6.61 Å². The number of hydrogen-bond donors (Lipinski definition) is 0. The lowest BCUT2D eigenvalue weighted by molar-refractivity contribution is 0.354. The molecule has 2 aliphatic rings. The molecular weight excluding hydrogens is 294 g/mol. The summed E-state index contributed by atoms with van der Waals surface area (Å²) in [4.78, 5) is 14.9. The SMILES string of the molecule is O=C=NC1(c2cc(Br)c3c(c2)CCO3)CCCC1. The van der Waals surface area contributed by atoms with Crippen LogP contribution in [0, 0.1) is 0 Å². The lowest BCUT2D eigenvalue weighted by Crippen LogP contribution is -2.19. The van der Waals surface area contributed by atoms with Crippen LogP contribution in [0.25, 0.3) is 0 Å². The maximum absolute atomic E-state index is 10.7. The fourth-order valence-electron chi connectivity index (χ4n) is 3.04. The van der Waals surface area contributed by atoms with Crippen molar-refractivity contribution in [2.24, 2.45) is 4.99 Å². The number of ether oxygens (including phenoxy) is 1. The zero-order chi connectivity index (χ0) is 12.6. The summed E-state index contributed by atoms with van der Waals surface area (Å²) >= 11 is 3.56. The Labute approximate surface area is 114 Å². The van der Waals surface area contributed by atoms with Crippen LogP contribution in [0.15, 0.2) is 21.6 Å². The van der Waals surface area contributed by atoms with Gasteiger partial charge in [-0.05, 0) is 52.0 Å². The van der Waals surface area contributed by atoms with E-state index in [1.807, 2.05) is 0 Å². The molecule has 0 saturated heterocycles. The average molecular weight is 308 g/mol. The zero-order valence-electron chi connectivity index (χ0n) is 10.0. The summed E-state index contributed by atoms with van der Waals surface area (Å²) in [6.07, 6.45) is 6.82. The van der Waals surface area contributed by atoms with Gasteiger partial charge in [0.1, 0.15) is 5.75 Å². The van der Waals surface area contributed by atoms with Gasteiger partial charge in [0.2, 0.25) is 6.08 Å². The van der Waals surface area contributed by atoms with E-state index in [4.69, 9.17) is 4.74 Å². The van der Waals surface area contributed by atoms with Gasteiger partial charge in [0, 0.05) is 6.42 Å². The quantitative estimate of drug-likeness (QED) is 0.619. The summed E-state index contributed by atoms with van der Waals surface area (Å²) in [5, 5.41) is 0. The molecule has 0 spiro atoms. The van der Waals surface area contributed by atoms with E-state index < -0.39 is 0 Å². The zero-order valence-corrected chi connectivity index (χ0v) is 11.6. The highest BCUT2D eigenvalue weighted by molar-refractivity contribution is 9.10. The van der Waals surface area contributed by atoms with E-state index in [9.17, 15) is 4.79 Å². The lowest BCUT2D eigenvalue weighted by atomic mass is 9.87. The van der Waals surface area contributed by atoms with E-state index in [-0.39, 0.29) is 5.54 Å². The van der Waals surface area contributed by atoms with Gasteiger partial charge in [-0.3, -0.25) is 0 Å². The van der Waals surface area contributed by atoms with Crippen LogP contribution >= 0.6 is 15.9 Å². The Balaban J connectivity index is 2.11. The number of halogens is 1. The summed E-state index contributed by atoms with van der Waals surface area (Å²) in [7, 11) is 0. The molecule has 1 aromatic carbocycles. The second-order valence-corrected chi connectivity index (χ2v) is 5.84. The average Bonchev–Trinajstić information content (AvgIpc) is 2.98. The minimum absolute atomic E-state index is 0.345. The van der Waals surface area contributed by atoms with E-state index in [0.717, 1.165) is 54.5 Å². The van der Waals surface area contributed by atoms with Gasteiger partial charge in [-0.2, -0.15) is 4.99 Å². The first kappa shape index (κ1) is 11.9. The number of isocyanates is 1. The van der Waals surface area contributed by atoms with E-state index >= 15 is 0 Å². The minimum Gasteiger partial charge on any atom is -0.492 e. The number of rotatable bonds is 2. The molecule has 4 heteroatoms. The number of aliphatic imine (C=N–C) groups is 1. The number of fused-ring (bicyclic) bond motifs is 1. The van der Waals surface area contributed by atoms with Gasteiger partial charge in [-0.15, -0.1) is 0 Å². The summed E-state index contributed by atoms with van der Waals surface area (Å²) in [5.74, 6) is 0.946. The van der Waals surface area contributed by atoms with Crippen molar-refractivity contribution >= 4 is 22.0 Å². The van der Waals surface area contributed by atoms with Gasteiger partial charge in [0.05, 0.1) is 16.6 Å². The van der Waals surface area contributed by atoms with Crippen LogP contribution in [-0.2, 0) is 16.8 Å². The molecule has 1 aromatic rings. The van der Waals surface area contributed by atoms with E-state index in [1.165, 1.54) is 5.56 Å². The number of nitrogens with zero attached hydrogens (tertiary/aromatic N) is 1. The summed E-state index contributed by atoms with van der Waals surface area (Å²) < 4.78 is 6.56. The number of hydrogen-bond acceptors (Lipinski definition) is 3. The van der Waals surface area contributed by atoms with E-state index in [2.05, 4.69) is 33.1 Å². The summed E-state index contributed by atoms with van der Waals surface area (Å²) in [6.45, 7) is 0.737. The third-order valence-corrected chi connectivity index (χ3v) is 4.56. The van der Waals surface area contributed by atoms with Crippen LogP contribution in [0.2, 0.25) is 0 Å². The topological polar surface area (TPSA) is 38.7 Å². The monoisotopic (exact) mass is 307 g/mol. The molecular formula is C14H14BrNO2. The van der Waals surface area contributed by atoms with E-state index in [0.29, 0.717) is 0 Å². The smallest absolute Gasteiger partial charge is 0.235 e. The molecule has 0 unspecified atom stereocenters. The number of benzene rings is 1. The molecule has 0 N–H and O–H groups in total. The van der Waals surface area contributed by atoms with Crippen molar-refractivity contribution in [1.82, 2.24) is 0 Å². The van der Waals surface area contributed by atoms with Gasteiger partial charge in [-0.1, -0.05) is 12.8 Å². The van der Waals surface area contributed by atoms with Crippen LogP contribution < -0.4 is 4.74 Å². The lowest BCUT2D eigenvalue weighted by Gasteiger charge is -2.23. The Morgan fingerprint density at radius 1 is 1.33 bits per heavy atom. The summed E-state index contributed by atoms with van der Waals surface area (Å²) in [6, 6.07) is 4.20. The Hall–Kier alpha value is -1.12. The molecule has 0 bridgehead atoms. The van der Waals surface area contributed by atoms with Crippen molar-refractivity contribution in [2.45, 2.75) is 37.6 Å². The highest BCUT2D eigenvalue weighted by atomic mass is 79.9. The molecule has 0 aromatic heterocycles. The van der Waals surface area contributed by atoms with Crippen molar-refractivity contribution in [1.29, 1.82) is 0 Å². The van der Waals surface area contributed by atoms with Crippen molar-refractivity contribution in [3.05, 3.63) is 27.7 Å². The van der Waals surface area contributed by atoms with Crippen molar-refractivity contribution in [3.63, 3.8) is 0 Å². The maximum Gasteiger partial charge on any atom is 0.235 e. The molecule has 3 rings (SSSR count). The van der Waals surface area contributed by atoms with Crippen LogP contribution in [0.3, 0.4) is 0 Å². The third kappa shape index (κ3) is 1.80. The van der Waals surface area contributed by atoms with Crippen LogP contribution in [0.1, 0.15) is 36.8 Å². The summed E-state index contributed by atoms with van der Waals surface area (Å²) in [5.41, 5.74) is 1.99. The molecule has 1 fully saturated rings. The highest BCUT2D eigenvalue weighted by Crippen LogP contribution is 2.45. The van der Waals surface area contributed by atoms with Gasteiger partial charge >= 0.3 is 0 Å². The Morgan fingerprint density at radius 3 is 2.83 bits per heavy atom. The van der Waals surface area contributed by atoms with Crippen LogP contribution in [-0.4, -0.2) is 12.7 Å². The Bertz CT molecular complexity index is 529. The second kappa shape index (κ2) is 4.52. The predicted molar refractivity (Wildman–Crippen MR) is 71.6 cm³/mol. The highest BCUT2D eigenvalue weighted by Gasteiger charge is 2.37. The van der Waals surface area contributed by atoms with Crippen molar-refractivity contribution < 1.29 is 9.53 Å². The standard InChI is InChI=1S/C14H14BrNO2/c15-12-8-11(7-10-3-6-18-13(10)12)14(16-9-17)4-1-2-5-14/h7-8H,1-6H2. The van der Waals surface area contributed by atoms with Crippen molar-refractivity contribution in [3.8, 4) is 5.75 Å². The molecule has 0 radical (unpaired) electrons. The third-order valence-electron chi connectivity index (χ3n) is 3.97.